The third-order valence-corrected chi connectivity index (χ3v) is 2.00. The van der Waals surface area contributed by atoms with Gasteiger partial charge >= 0.3 is 0 Å². The molecule has 1 rings (SSSR count). The summed E-state index contributed by atoms with van der Waals surface area (Å²) >= 11 is 5.57. The van der Waals surface area contributed by atoms with Crippen LogP contribution in [-0.4, -0.2) is 10.7 Å². The number of halogens is 1. The monoisotopic (exact) mass is 214 g/mol. The summed E-state index contributed by atoms with van der Waals surface area (Å²) in [5.74, 6) is -0.331. The van der Waals surface area contributed by atoms with Crippen LogP contribution in [0, 0.1) is 10.1 Å². The molecule has 0 radical (unpaired) electrons. The van der Waals surface area contributed by atoms with E-state index in [0.29, 0.717) is 0 Å². The SMILES string of the molecule is CC(=O)c1cc([N+](=O)[O-])c(Cl)cc1N. The number of Topliss-reactive ketones (excluding diaryl/α,β-unsaturated/α-hetero) is 1. The van der Waals surface area contributed by atoms with Gasteiger partial charge in [0.1, 0.15) is 5.02 Å². The Hall–Kier alpha value is -1.62. The molecule has 0 aliphatic carbocycles. The number of carbonyl (C=O) groups excluding carboxylic acids is 1. The minimum Gasteiger partial charge on any atom is -0.398 e. The highest BCUT2D eigenvalue weighted by Gasteiger charge is 2.17. The van der Waals surface area contributed by atoms with Gasteiger partial charge in [0, 0.05) is 17.3 Å². The Morgan fingerprint density at radius 1 is 1.57 bits per heavy atom. The van der Waals surface area contributed by atoms with Crippen molar-refractivity contribution in [3.05, 3.63) is 32.8 Å². The number of nitrogens with two attached hydrogens (primary N) is 1. The van der Waals surface area contributed by atoms with Crippen molar-refractivity contribution in [2.24, 2.45) is 0 Å². The second kappa shape index (κ2) is 3.63. The molecule has 0 aromatic heterocycles. The molecule has 2 N–H and O–H groups in total. The molecule has 6 heteroatoms. The number of hydrogen-bond acceptors (Lipinski definition) is 4. The van der Waals surface area contributed by atoms with Crippen molar-refractivity contribution < 1.29 is 9.72 Å². The quantitative estimate of drug-likeness (QED) is 0.353. The smallest absolute Gasteiger partial charge is 0.288 e. The van der Waals surface area contributed by atoms with Crippen LogP contribution in [0.15, 0.2) is 12.1 Å². The zero-order chi connectivity index (χ0) is 10.9. The van der Waals surface area contributed by atoms with Gasteiger partial charge in [-0.3, -0.25) is 14.9 Å². The van der Waals surface area contributed by atoms with Crippen LogP contribution < -0.4 is 5.73 Å². The van der Waals surface area contributed by atoms with E-state index < -0.39 is 4.92 Å². The average molecular weight is 215 g/mol. The van der Waals surface area contributed by atoms with Gasteiger partial charge in [-0.1, -0.05) is 11.6 Å². The Balaban J connectivity index is 3.42. The molecule has 0 bridgehead atoms. The van der Waals surface area contributed by atoms with Crippen molar-refractivity contribution in [2.75, 3.05) is 5.73 Å². The van der Waals surface area contributed by atoms with Crippen LogP contribution in [-0.2, 0) is 0 Å². The predicted octanol–water partition coefficient (Wildman–Crippen LogP) is 2.03. The van der Waals surface area contributed by atoms with Crippen LogP contribution in [0.1, 0.15) is 17.3 Å². The maximum Gasteiger partial charge on any atom is 0.288 e. The lowest BCUT2D eigenvalue weighted by Crippen LogP contribution is -2.01. The summed E-state index contributed by atoms with van der Waals surface area (Å²) in [6, 6.07) is 2.29. The molecule has 1 aromatic carbocycles. The third-order valence-electron chi connectivity index (χ3n) is 1.69. The number of carbonyl (C=O) groups is 1. The molecule has 0 fully saturated rings. The van der Waals surface area contributed by atoms with E-state index in [0.717, 1.165) is 6.07 Å². The third kappa shape index (κ3) is 1.82. The first-order valence-electron chi connectivity index (χ1n) is 3.68. The molecule has 0 aliphatic heterocycles. The molecule has 0 amide bonds. The van der Waals surface area contributed by atoms with E-state index in [2.05, 4.69) is 0 Å². The van der Waals surface area contributed by atoms with Gasteiger partial charge in [0.05, 0.1) is 4.92 Å². The summed E-state index contributed by atoms with van der Waals surface area (Å²) in [6.07, 6.45) is 0. The van der Waals surface area contributed by atoms with Crippen molar-refractivity contribution in [1.29, 1.82) is 0 Å². The number of nitrogens with zero attached hydrogens (tertiary/aromatic N) is 1. The van der Waals surface area contributed by atoms with Crippen LogP contribution in [0.2, 0.25) is 5.02 Å². The van der Waals surface area contributed by atoms with Crippen LogP contribution >= 0.6 is 11.6 Å². The van der Waals surface area contributed by atoms with Gasteiger partial charge in [-0.25, -0.2) is 0 Å². The Morgan fingerprint density at radius 3 is 2.57 bits per heavy atom. The minimum atomic E-state index is -0.659. The molecule has 0 unspecified atom stereocenters. The van der Waals surface area contributed by atoms with E-state index >= 15 is 0 Å². The Kier molecular flexibility index (Phi) is 2.71. The minimum absolute atomic E-state index is 0.0718. The van der Waals surface area contributed by atoms with Crippen LogP contribution in [0.3, 0.4) is 0 Å². The molecule has 0 saturated heterocycles. The van der Waals surface area contributed by atoms with Gasteiger partial charge in [0.2, 0.25) is 0 Å². The normalized spacial score (nSPS) is 9.86. The number of rotatable bonds is 2. The molecular formula is C8H7ClN2O3. The first kappa shape index (κ1) is 10.5. The van der Waals surface area contributed by atoms with E-state index in [1.165, 1.54) is 13.0 Å². The summed E-state index contributed by atoms with van der Waals surface area (Å²) in [6.45, 7) is 1.28. The number of hydrogen-bond donors (Lipinski definition) is 1. The molecule has 0 atom stereocenters. The first-order valence-corrected chi connectivity index (χ1v) is 4.05. The molecule has 0 spiro atoms. The Labute approximate surface area is 84.6 Å². The highest BCUT2D eigenvalue weighted by Crippen LogP contribution is 2.29. The van der Waals surface area contributed by atoms with E-state index in [-0.39, 0.29) is 27.7 Å². The van der Waals surface area contributed by atoms with Gasteiger partial charge in [0.15, 0.2) is 5.78 Å². The first-order chi connectivity index (χ1) is 6.43. The fraction of sp³-hybridized carbons (Fsp3) is 0.125. The van der Waals surface area contributed by atoms with E-state index in [9.17, 15) is 14.9 Å². The number of nitro groups is 1. The van der Waals surface area contributed by atoms with E-state index in [1.54, 1.807) is 0 Å². The number of ketones is 1. The number of nitro benzene ring substituents is 1. The molecule has 5 nitrogen and oxygen atoms in total. The van der Waals surface area contributed by atoms with Crippen molar-refractivity contribution >= 4 is 28.8 Å². The number of anilines is 1. The van der Waals surface area contributed by atoms with Crippen LogP contribution in [0.5, 0.6) is 0 Å². The number of nitrogen functional groups attached to an aromatic ring is 1. The Morgan fingerprint density at radius 2 is 2.14 bits per heavy atom. The standard InChI is InChI=1S/C8H7ClN2O3/c1-4(12)5-2-8(11(13)14)6(9)3-7(5)10/h2-3H,10H2,1H3. The summed E-state index contributed by atoms with van der Waals surface area (Å²) < 4.78 is 0. The molecular weight excluding hydrogens is 208 g/mol. The molecule has 14 heavy (non-hydrogen) atoms. The number of benzene rings is 1. The molecule has 0 saturated carbocycles. The lowest BCUT2D eigenvalue weighted by Gasteiger charge is -2.02. The summed E-state index contributed by atoms with van der Waals surface area (Å²) in [4.78, 5) is 20.8. The van der Waals surface area contributed by atoms with Gasteiger partial charge in [-0.05, 0) is 13.0 Å². The van der Waals surface area contributed by atoms with E-state index in [4.69, 9.17) is 17.3 Å². The van der Waals surface area contributed by atoms with Gasteiger partial charge in [-0.15, -0.1) is 0 Å². The lowest BCUT2D eigenvalue weighted by molar-refractivity contribution is -0.384. The van der Waals surface area contributed by atoms with Gasteiger partial charge in [0.25, 0.3) is 5.69 Å². The second-order valence-corrected chi connectivity index (χ2v) is 3.11. The van der Waals surface area contributed by atoms with Gasteiger partial charge < -0.3 is 5.73 Å². The highest BCUT2D eigenvalue weighted by molar-refractivity contribution is 6.33. The summed E-state index contributed by atoms with van der Waals surface area (Å²) in [5, 5.41) is 10.4. The fourth-order valence-corrected chi connectivity index (χ4v) is 1.26. The molecule has 0 aliphatic rings. The molecule has 1 aromatic rings. The lowest BCUT2D eigenvalue weighted by atomic mass is 10.1. The predicted molar refractivity (Wildman–Crippen MR) is 52.5 cm³/mol. The maximum absolute atomic E-state index is 11.0. The summed E-state index contributed by atoms with van der Waals surface area (Å²) in [5.41, 5.74) is 5.41. The molecule has 74 valence electrons. The fourth-order valence-electron chi connectivity index (χ4n) is 1.02. The average Bonchev–Trinajstić information content (AvgIpc) is 2.02. The largest absolute Gasteiger partial charge is 0.398 e. The maximum atomic E-state index is 11.0. The Bertz CT molecular complexity index is 382. The van der Waals surface area contributed by atoms with Crippen molar-refractivity contribution in [3.63, 3.8) is 0 Å². The van der Waals surface area contributed by atoms with Crippen LogP contribution in [0.4, 0.5) is 11.4 Å². The van der Waals surface area contributed by atoms with Crippen molar-refractivity contribution in [1.82, 2.24) is 0 Å². The zero-order valence-electron chi connectivity index (χ0n) is 7.28. The summed E-state index contributed by atoms with van der Waals surface area (Å²) in [7, 11) is 0. The van der Waals surface area contributed by atoms with Gasteiger partial charge in [-0.2, -0.15) is 0 Å². The zero-order valence-corrected chi connectivity index (χ0v) is 8.04. The van der Waals surface area contributed by atoms with Crippen molar-refractivity contribution in [3.8, 4) is 0 Å². The molecule has 0 heterocycles. The second-order valence-electron chi connectivity index (χ2n) is 2.70. The topological polar surface area (TPSA) is 86.2 Å². The van der Waals surface area contributed by atoms with E-state index in [1.807, 2.05) is 0 Å². The van der Waals surface area contributed by atoms with Crippen LogP contribution in [0.25, 0.3) is 0 Å². The highest BCUT2D eigenvalue weighted by atomic mass is 35.5. The van der Waals surface area contributed by atoms with Crippen molar-refractivity contribution in [2.45, 2.75) is 6.92 Å².